The molecule has 3 heterocycles. The van der Waals surface area contributed by atoms with E-state index in [1.807, 2.05) is 22.4 Å². The fourth-order valence-electron chi connectivity index (χ4n) is 3.84. The van der Waals surface area contributed by atoms with Gasteiger partial charge in [0, 0.05) is 37.1 Å². The third kappa shape index (κ3) is 3.21. The van der Waals surface area contributed by atoms with Gasteiger partial charge in [-0.15, -0.1) is 11.3 Å². The number of carbonyl (C=O) groups excluding carboxylic acids is 1. The van der Waals surface area contributed by atoms with Crippen LogP contribution in [0.2, 0.25) is 0 Å². The van der Waals surface area contributed by atoms with Crippen molar-refractivity contribution in [2.45, 2.75) is 38.2 Å². The Kier molecular flexibility index (Phi) is 4.85. The molecular weight excluding hydrogens is 298 g/mol. The summed E-state index contributed by atoms with van der Waals surface area (Å²) >= 11 is 1.63. The van der Waals surface area contributed by atoms with Crippen molar-refractivity contribution in [3.8, 4) is 0 Å². The maximum absolute atomic E-state index is 12.4. The van der Waals surface area contributed by atoms with E-state index < -0.39 is 5.60 Å². The summed E-state index contributed by atoms with van der Waals surface area (Å²) in [6.07, 6.45) is 3.04. The molecule has 2 aliphatic heterocycles. The lowest BCUT2D eigenvalue weighted by Gasteiger charge is -2.48. The van der Waals surface area contributed by atoms with Crippen molar-refractivity contribution in [3.05, 3.63) is 22.4 Å². The smallest absolute Gasteiger partial charge is 0.227 e. The minimum Gasteiger partial charge on any atom is -0.389 e. The molecule has 4 nitrogen and oxygen atoms in total. The Bertz CT molecular complexity index is 498. The van der Waals surface area contributed by atoms with Crippen molar-refractivity contribution in [1.29, 1.82) is 0 Å². The van der Waals surface area contributed by atoms with Crippen LogP contribution in [-0.2, 0) is 16.0 Å². The van der Waals surface area contributed by atoms with Gasteiger partial charge in [-0.25, -0.2) is 0 Å². The van der Waals surface area contributed by atoms with Gasteiger partial charge in [0.1, 0.15) is 0 Å². The van der Waals surface area contributed by atoms with Gasteiger partial charge in [-0.05, 0) is 36.6 Å². The lowest BCUT2D eigenvalue weighted by atomic mass is 9.70. The summed E-state index contributed by atoms with van der Waals surface area (Å²) in [5.74, 6) is 0.616. The van der Waals surface area contributed by atoms with Crippen LogP contribution in [-0.4, -0.2) is 47.8 Å². The van der Waals surface area contributed by atoms with E-state index in [0.717, 1.165) is 30.9 Å². The number of hydrogen-bond donors (Lipinski definition) is 1. The van der Waals surface area contributed by atoms with Crippen molar-refractivity contribution in [1.82, 2.24) is 4.90 Å². The Hall–Kier alpha value is -0.910. The minimum absolute atomic E-state index is 0.122. The molecule has 0 aromatic carbocycles. The van der Waals surface area contributed by atoms with E-state index in [-0.39, 0.29) is 11.8 Å². The van der Waals surface area contributed by atoms with Crippen LogP contribution >= 0.6 is 11.3 Å². The van der Waals surface area contributed by atoms with E-state index in [4.69, 9.17) is 4.74 Å². The number of nitrogens with zero attached hydrogens (tertiary/aromatic N) is 1. The number of hydrogen-bond acceptors (Lipinski definition) is 4. The highest BCUT2D eigenvalue weighted by molar-refractivity contribution is 7.10. The van der Waals surface area contributed by atoms with E-state index in [0.29, 0.717) is 31.8 Å². The first-order chi connectivity index (χ1) is 10.6. The SMILES string of the molecule is C[C@@H]1CN(C(=O)Cc2cccs2)CC[C@@]1(O)C1CCOCC1. The first-order valence-electron chi connectivity index (χ1n) is 8.20. The summed E-state index contributed by atoms with van der Waals surface area (Å²) in [4.78, 5) is 15.5. The van der Waals surface area contributed by atoms with Gasteiger partial charge in [0.15, 0.2) is 0 Å². The van der Waals surface area contributed by atoms with E-state index in [2.05, 4.69) is 6.92 Å². The number of aliphatic hydroxyl groups is 1. The highest BCUT2D eigenvalue weighted by atomic mass is 32.1. The Labute approximate surface area is 136 Å². The average Bonchev–Trinajstić information content (AvgIpc) is 3.04. The van der Waals surface area contributed by atoms with E-state index in [1.54, 1.807) is 11.3 Å². The monoisotopic (exact) mass is 323 g/mol. The first-order valence-corrected chi connectivity index (χ1v) is 9.08. The summed E-state index contributed by atoms with van der Waals surface area (Å²) in [7, 11) is 0. The van der Waals surface area contributed by atoms with Gasteiger partial charge < -0.3 is 14.7 Å². The lowest BCUT2D eigenvalue weighted by Crippen LogP contribution is -2.57. The molecule has 122 valence electrons. The minimum atomic E-state index is -0.635. The molecule has 2 saturated heterocycles. The zero-order valence-electron chi connectivity index (χ0n) is 13.2. The van der Waals surface area contributed by atoms with Crippen LogP contribution in [0.25, 0.3) is 0 Å². The molecule has 1 amide bonds. The van der Waals surface area contributed by atoms with Crippen LogP contribution in [0, 0.1) is 11.8 Å². The van der Waals surface area contributed by atoms with Gasteiger partial charge in [-0.3, -0.25) is 4.79 Å². The number of carbonyl (C=O) groups is 1. The zero-order chi connectivity index (χ0) is 15.6. The molecule has 2 atom stereocenters. The number of rotatable bonds is 3. The van der Waals surface area contributed by atoms with Crippen LogP contribution in [0.3, 0.4) is 0 Å². The molecule has 22 heavy (non-hydrogen) atoms. The molecule has 0 aliphatic carbocycles. The second kappa shape index (κ2) is 6.69. The predicted molar refractivity (Wildman–Crippen MR) is 86.9 cm³/mol. The fourth-order valence-corrected chi connectivity index (χ4v) is 4.54. The number of ether oxygens (including phenoxy) is 1. The van der Waals surface area contributed by atoms with Gasteiger partial charge in [-0.2, -0.15) is 0 Å². The predicted octanol–water partition coefficient (Wildman–Crippen LogP) is 2.32. The summed E-state index contributed by atoms with van der Waals surface area (Å²) < 4.78 is 5.41. The summed E-state index contributed by atoms with van der Waals surface area (Å²) in [6, 6.07) is 3.99. The normalized spacial score (nSPS) is 30.5. The molecule has 2 aliphatic rings. The van der Waals surface area contributed by atoms with E-state index in [1.165, 1.54) is 0 Å². The Morgan fingerprint density at radius 1 is 1.50 bits per heavy atom. The second-order valence-electron chi connectivity index (χ2n) is 6.62. The first kappa shape index (κ1) is 16.0. The van der Waals surface area contributed by atoms with Crippen molar-refractivity contribution in [3.63, 3.8) is 0 Å². The zero-order valence-corrected chi connectivity index (χ0v) is 14.0. The van der Waals surface area contributed by atoms with Crippen LogP contribution in [0.15, 0.2) is 17.5 Å². The highest BCUT2D eigenvalue weighted by Crippen LogP contribution is 2.39. The van der Waals surface area contributed by atoms with Gasteiger partial charge in [0.25, 0.3) is 0 Å². The fraction of sp³-hybridized carbons (Fsp3) is 0.706. The van der Waals surface area contributed by atoms with E-state index >= 15 is 0 Å². The van der Waals surface area contributed by atoms with Crippen molar-refractivity contribution in [2.75, 3.05) is 26.3 Å². The number of likely N-dealkylation sites (tertiary alicyclic amines) is 1. The molecular formula is C17H25NO3S. The molecule has 0 saturated carbocycles. The quantitative estimate of drug-likeness (QED) is 0.929. The average molecular weight is 323 g/mol. The highest BCUT2D eigenvalue weighted by Gasteiger charge is 2.45. The Morgan fingerprint density at radius 2 is 2.27 bits per heavy atom. The number of amides is 1. The summed E-state index contributed by atoms with van der Waals surface area (Å²) in [5, 5.41) is 13.1. The molecule has 1 N–H and O–H groups in total. The van der Waals surface area contributed by atoms with Crippen LogP contribution in [0.5, 0.6) is 0 Å². The van der Waals surface area contributed by atoms with Gasteiger partial charge >= 0.3 is 0 Å². The molecule has 5 heteroatoms. The van der Waals surface area contributed by atoms with Crippen molar-refractivity contribution >= 4 is 17.2 Å². The summed E-state index contributed by atoms with van der Waals surface area (Å²) in [6.45, 7) is 4.92. The van der Waals surface area contributed by atoms with Crippen molar-refractivity contribution < 1.29 is 14.6 Å². The van der Waals surface area contributed by atoms with Crippen LogP contribution < -0.4 is 0 Å². The molecule has 3 rings (SSSR count). The largest absolute Gasteiger partial charge is 0.389 e. The molecule has 0 spiro atoms. The number of piperidine rings is 1. The molecule has 0 unspecified atom stereocenters. The maximum atomic E-state index is 12.4. The molecule has 1 aromatic rings. The topological polar surface area (TPSA) is 49.8 Å². The van der Waals surface area contributed by atoms with E-state index in [9.17, 15) is 9.90 Å². The van der Waals surface area contributed by atoms with Crippen LogP contribution in [0.1, 0.15) is 31.1 Å². The molecule has 0 bridgehead atoms. The maximum Gasteiger partial charge on any atom is 0.227 e. The van der Waals surface area contributed by atoms with Gasteiger partial charge in [-0.1, -0.05) is 13.0 Å². The second-order valence-corrected chi connectivity index (χ2v) is 7.66. The Balaban J connectivity index is 1.60. The molecule has 1 aromatic heterocycles. The number of thiophene rings is 1. The molecule has 0 radical (unpaired) electrons. The summed E-state index contributed by atoms with van der Waals surface area (Å²) in [5.41, 5.74) is -0.635. The lowest BCUT2D eigenvalue weighted by molar-refractivity contribution is -0.150. The molecule has 2 fully saturated rings. The van der Waals surface area contributed by atoms with Gasteiger partial charge in [0.2, 0.25) is 5.91 Å². The van der Waals surface area contributed by atoms with Crippen molar-refractivity contribution in [2.24, 2.45) is 11.8 Å². The van der Waals surface area contributed by atoms with Gasteiger partial charge in [0.05, 0.1) is 12.0 Å². The third-order valence-electron chi connectivity index (χ3n) is 5.32. The van der Waals surface area contributed by atoms with Crippen LogP contribution in [0.4, 0.5) is 0 Å². The Morgan fingerprint density at radius 3 is 2.91 bits per heavy atom. The standard InChI is InChI=1S/C17H25NO3S/c1-13-12-18(16(19)11-15-3-2-10-22-15)7-6-17(13,20)14-4-8-21-9-5-14/h2-3,10,13-14,20H,4-9,11-12H2,1H3/t13-,17+/m1/s1. The third-order valence-corrected chi connectivity index (χ3v) is 6.19.